The number of hydrogen-bond donors (Lipinski definition) is 0. The molecule has 0 radical (unpaired) electrons. The van der Waals surface area contributed by atoms with Crippen LogP contribution in [0.4, 0.5) is 4.39 Å². The summed E-state index contributed by atoms with van der Waals surface area (Å²) in [5.74, 6) is -0.932. The highest BCUT2D eigenvalue weighted by molar-refractivity contribution is 6.62. The lowest BCUT2D eigenvalue weighted by Gasteiger charge is -2.32. The van der Waals surface area contributed by atoms with Gasteiger partial charge in [-0.1, -0.05) is 12.1 Å². The first-order valence-corrected chi connectivity index (χ1v) is 7.66. The Labute approximate surface area is 136 Å². The molecule has 2 rings (SSSR count). The van der Waals surface area contributed by atoms with E-state index < -0.39 is 30.1 Å². The average Bonchev–Trinajstić information content (AvgIpc) is 2.67. The predicted octanol–water partition coefficient (Wildman–Crippen LogP) is 2.70. The molecule has 1 aliphatic heterocycles. The molecule has 6 heteroatoms. The van der Waals surface area contributed by atoms with E-state index in [0.717, 1.165) is 0 Å². The van der Waals surface area contributed by atoms with Crippen molar-refractivity contribution >= 4 is 24.6 Å². The van der Waals surface area contributed by atoms with Gasteiger partial charge in [0.1, 0.15) is 5.82 Å². The second-order valence-corrected chi connectivity index (χ2v) is 6.45. The van der Waals surface area contributed by atoms with Gasteiger partial charge in [-0.2, -0.15) is 0 Å². The Morgan fingerprint density at radius 3 is 2.43 bits per heavy atom. The van der Waals surface area contributed by atoms with Crippen molar-refractivity contribution in [3.05, 3.63) is 35.7 Å². The van der Waals surface area contributed by atoms with Crippen LogP contribution in [0.3, 0.4) is 0 Å². The average molecular weight is 320 g/mol. The fourth-order valence-corrected chi connectivity index (χ4v) is 2.16. The van der Waals surface area contributed by atoms with Crippen LogP contribution in [-0.4, -0.2) is 30.9 Å². The minimum absolute atomic E-state index is 0.277. The number of halogens is 1. The zero-order valence-corrected chi connectivity index (χ0v) is 14.2. The van der Waals surface area contributed by atoms with Crippen LogP contribution in [0.5, 0.6) is 0 Å². The second kappa shape index (κ2) is 6.45. The van der Waals surface area contributed by atoms with Crippen LogP contribution in [0.1, 0.15) is 40.2 Å². The largest absolute Gasteiger partial charge is 0.494 e. The summed E-state index contributed by atoms with van der Waals surface area (Å²) in [7, 11) is -0.574. The van der Waals surface area contributed by atoms with Gasteiger partial charge in [0, 0.05) is 11.6 Å². The maximum Gasteiger partial charge on any atom is 0.494 e. The second-order valence-electron chi connectivity index (χ2n) is 6.45. The number of rotatable bonds is 4. The van der Waals surface area contributed by atoms with E-state index in [2.05, 4.69) is 0 Å². The van der Waals surface area contributed by atoms with Gasteiger partial charge in [0.2, 0.25) is 0 Å². The van der Waals surface area contributed by atoms with Crippen molar-refractivity contribution < 1.29 is 23.2 Å². The third kappa shape index (κ3) is 3.82. The summed E-state index contributed by atoms with van der Waals surface area (Å²) in [5, 5.41) is 0. The van der Waals surface area contributed by atoms with Gasteiger partial charge < -0.3 is 14.0 Å². The number of ether oxygens (including phenoxy) is 1. The van der Waals surface area contributed by atoms with Gasteiger partial charge in [0.05, 0.1) is 17.8 Å². The molecule has 1 fully saturated rings. The standard InChI is InChI=1S/C17H22BFO4/c1-6-21-15(20)10-7-12-11-13(8-9-14(12)19)18-22-16(2,3)17(4,5)23-18/h7-11H,6H2,1-5H3/b10-7+. The lowest BCUT2D eigenvalue weighted by Crippen LogP contribution is -2.41. The zero-order valence-electron chi connectivity index (χ0n) is 14.2. The molecule has 23 heavy (non-hydrogen) atoms. The van der Waals surface area contributed by atoms with E-state index >= 15 is 0 Å². The molecule has 124 valence electrons. The number of esters is 1. The summed E-state index contributed by atoms with van der Waals surface area (Å²) in [6.07, 6.45) is 2.60. The molecule has 0 bridgehead atoms. The highest BCUT2D eigenvalue weighted by Gasteiger charge is 2.51. The Morgan fingerprint density at radius 1 is 1.26 bits per heavy atom. The van der Waals surface area contributed by atoms with Crippen LogP contribution in [0.15, 0.2) is 24.3 Å². The summed E-state index contributed by atoms with van der Waals surface area (Å²) in [4.78, 5) is 11.4. The Morgan fingerprint density at radius 2 is 1.87 bits per heavy atom. The predicted molar refractivity (Wildman–Crippen MR) is 87.8 cm³/mol. The van der Waals surface area contributed by atoms with Crippen molar-refractivity contribution in [1.82, 2.24) is 0 Å². The van der Waals surface area contributed by atoms with E-state index in [-0.39, 0.29) is 12.2 Å². The topological polar surface area (TPSA) is 44.8 Å². The Balaban J connectivity index is 2.23. The van der Waals surface area contributed by atoms with E-state index in [4.69, 9.17) is 14.0 Å². The van der Waals surface area contributed by atoms with Crippen LogP contribution >= 0.6 is 0 Å². The fraction of sp³-hybridized carbons (Fsp3) is 0.471. The summed E-state index contributed by atoms with van der Waals surface area (Å²) in [6, 6.07) is 4.58. The third-order valence-corrected chi connectivity index (χ3v) is 4.23. The molecular formula is C17H22BFO4. The summed E-state index contributed by atoms with van der Waals surface area (Å²) in [6.45, 7) is 9.82. The Hall–Kier alpha value is -1.66. The minimum Gasteiger partial charge on any atom is -0.463 e. The normalized spacial score (nSPS) is 19.3. The Kier molecular flexibility index (Phi) is 4.97. The molecule has 0 atom stereocenters. The minimum atomic E-state index is -0.574. The van der Waals surface area contributed by atoms with E-state index in [1.165, 1.54) is 18.2 Å². The van der Waals surface area contributed by atoms with Gasteiger partial charge in [-0.3, -0.25) is 0 Å². The SMILES string of the molecule is CCOC(=O)/C=C/c1cc(B2OC(C)(C)C(C)(C)O2)ccc1F. The third-order valence-electron chi connectivity index (χ3n) is 4.23. The maximum atomic E-state index is 13.9. The molecule has 0 spiro atoms. The smallest absolute Gasteiger partial charge is 0.463 e. The molecule has 0 saturated carbocycles. The molecule has 1 saturated heterocycles. The first-order chi connectivity index (χ1) is 10.7. The number of hydrogen-bond acceptors (Lipinski definition) is 4. The van der Waals surface area contributed by atoms with Crippen molar-refractivity contribution in [3.8, 4) is 0 Å². The van der Waals surface area contributed by atoms with E-state index in [9.17, 15) is 9.18 Å². The molecule has 0 amide bonds. The van der Waals surface area contributed by atoms with E-state index in [1.807, 2.05) is 27.7 Å². The highest BCUT2D eigenvalue weighted by atomic mass is 19.1. The van der Waals surface area contributed by atoms with Crippen LogP contribution in [0.2, 0.25) is 0 Å². The molecular weight excluding hydrogens is 298 g/mol. The van der Waals surface area contributed by atoms with Crippen LogP contribution in [-0.2, 0) is 18.8 Å². The summed E-state index contributed by atoms with van der Waals surface area (Å²) >= 11 is 0. The van der Waals surface area contributed by atoms with Gasteiger partial charge in [0.25, 0.3) is 0 Å². The van der Waals surface area contributed by atoms with Crippen LogP contribution in [0.25, 0.3) is 6.08 Å². The van der Waals surface area contributed by atoms with Gasteiger partial charge in [-0.25, -0.2) is 9.18 Å². The molecule has 1 heterocycles. The molecule has 1 aliphatic rings. The summed E-state index contributed by atoms with van der Waals surface area (Å²) < 4.78 is 30.6. The summed E-state index contributed by atoms with van der Waals surface area (Å²) in [5.41, 5.74) is 0.0544. The number of benzene rings is 1. The number of carbonyl (C=O) groups is 1. The molecule has 1 aromatic carbocycles. The van der Waals surface area contributed by atoms with Crippen molar-refractivity contribution in [1.29, 1.82) is 0 Å². The first-order valence-electron chi connectivity index (χ1n) is 7.66. The zero-order chi connectivity index (χ0) is 17.3. The molecule has 0 aliphatic carbocycles. The molecule has 0 unspecified atom stereocenters. The van der Waals surface area contributed by atoms with Crippen LogP contribution < -0.4 is 5.46 Å². The van der Waals surface area contributed by atoms with Crippen molar-refractivity contribution in [2.24, 2.45) is 0 Å². The van der Waals surface area contributed by atoms with Crippen molar-refractivity contribution in [2.75, 3.05) is 6.61 Å². The lowest BCUT2D eigenvalue weighted by atomic mass is 9.78. The van der Waals surface area contributed by atoms with Crippen molar-refractivity contribution in [3.63, 3.8) is 0 Å². The molecule has 4 nitrogen and oxygen atoms in total. The van der Waals surface area contributed by atoms with E-state index in [1.54, 1.807) is 19.1 Å². The highest BCUT2D eigenvalue weighted by Crippen LogP contribution is 2.36. The van der Waals surface area contributed by atoms with Crippen molar-refractivity contribution in [2.45, 2.75) is 45.8 Å². The molecule has 0 N–H and O–H groups in total. The number of carbonyl (C=O) groups excluding carboxylic acids is 1. The van der Waals surface area contributed by atoms with Gasteiger partial charge >= 0.3 is 13.1 Å². The maximum absolute atomic E-state index is 13.9. The van der Waals surface area contributed by atoms with Gasteiger partial charge in [-0.15, -0.1) is 0 Å². The van der Waals surface area contributed by atoms with Crippen LogP contribution in [0, 0.1) is 5.82 Å². The molecule has 0 aromatic heterocycles. The molecule has 1 aromatic rings. The monoisotopic (exact) mass is 320 g/mol. The fourth-order valence-electron chi connectivity index (χ4n) is 2.16. The van der Waals surface area contributed by atoms with E-state index in [0.29, 0.717) is 5.46 Å². The Bertz CT molecular complexity index is 609. The van der Waals surface area contributed by atoms with Gasteiger partial charge in [0.15, 0.2) is 0 Å². The quantitative estimate of drug-likeness (QED) is 0.486. The van der Waals surface area contributed by atoms with Gasteiger partial charge in [-0.05, 0) is 52.2 Å². The lowest BCUT2D eigenvalue weighted by molar-refractivity contribution is -0.137. The first kappa shape index (κ1) is 17.7.